The zero-order chi connectivity index (χ0) is 11.6. The van der Waals surface area contributed by atoms with E-state index in [0.29, 0.717) is 30.9 Å². The maximum Gasteiger partial charge on any atom is 0.150 e. The van der Waals surface area contributed by atoms with Crippen molar-refractivity contribution in [2.45, 2.75) is 25.4 Å². The molecular weight excluding hydrogens is 294 g/mol. The van der Waals surface area contributed by atoms with Gasteiger partial charge in [-0.1, -0.05) is 0 Å². The topological polar surface area (TPSA) is 59.3 Å². The number of nitrogens with one attached hydrogen (secondary N) is 1. The molecule has 0 aromatic carbocycles. The van der Waals surface area contributed by atoms with Crippen LogP contribution in [0.4, 0.5) is 0 Å². The van der Waals surface area contributed by atoms with E-state index >= 15 is 0 Å². The Morgan fingerprint density at radius 3 is 2.69 bits per heavy atom. The number of hydrogen-bond acceptors (Lipinski definition) is 4. The Kier molecular flexibility index (Phi) is 3.71. The van der Waals surface area contributed by atoms with Gasteiger partial charge >= 0.3 is 0 Å². The van der Waals surface area contributed by atoms with Crippen LogP contribution in [0.1, 0.15) is 18.6 Å². The predicted molar refractivity (Wildman–Crippen MR) is 64.9 cm³/mol. The molecule has 0 saturated carbocycles. The van der Waals surface area contributed by atoms with E-state index in [2.05, 4.69) is 21.2 Å². The van der Waals surface area contributed by atoms with E-state index in [-0.39, 0.29) is 6.04 Å². The first-order chi connectivity index (χ1) is 7.57. The highest BCUT2D eigenvalue weighted by molar-refractivity contribution is 9.10. The standard InChI is InChI=1S/C10H14BrNO3S/c11-9-1-4-15-10(9)7-12-8-2-5-16(13,14)6-3-8/h1,4,8,12H,2-3,5-7H2. The minimum absolute atomic E-state index is 0.278. The molecule has 2 rings (SSSR count). The molecule has 0 spiro atoms. The van der Waals surface area contributed by atoms with E-state index in [1.54, 1.807) is 6.26 Å². The minimum Gasteiger partial charge on any atom is -0.467 e. The zero-order valence-corrected chi connectivity index (χ0v) is 11.2. The van der Waals surface area contributed by atoms with Crippen molar-refractivity contribution in [3.63, 3.8) is 0 Å². The first-order valence-electron chi connectivity index (χ1n) is 5.22. The van der Waals surface area contributed by atoms with Crippen molar-refractivity contribution in [2.75, 3.05) is 11.5 Å². The third-order valence-electron chi connectivity index (χ3n) is 2.80. The molecule has 1 saturated heterocycles. The number of sulfone groups is 1. The molecule has 1 aliphatic rings. The highest BCUT2D eigenvalue weighted by atomic mass is 79.9. The van der Waals surface area contributed by atoms with Gasteiger partial charge in [0, 0.05) is 6.04 Å². The van der Waals surface area contributed by atoms with Crippen LogP contribution in [-0.4, -0.2) is 26.0 Å². The van der Waals surface area contributed by atoms with E-state index in [9.17, 15) is 8.42 Å². The quantitative estimate of drug-likeness (QED) is 0.923. The van der Waals surface area contributed by atoms with Crippen LogP contribution in [0, 0.1) is 0 Å². The second kappa shape index (κ2) is 4.89. The molecule has 1 N–H and O–H groups in total. The summed E-state index contributed by atoms with van der Waals surface area (Å²) >= 11 is 3.38. The van der Waals surface area contributed by atoms with Crippen molar-refractivity contribution in [3.8, 4) is 0 Å². The van der Waals surface area contributed by atoms with E-state index in [1.807, 2.05) is 6.07 Å². The molecule has 1 aliphatic heterocycles. The molecule has 90 valence electrons. The fraction of sp³-hybridized carbons (Fsp3) is 0.600. The Hall–Kier alpha value is -0.330. The molecule has 16 heavy (non-hydrogen) atoms. The SMILES string of the molecule is O=S1(=O)CCC(NCc2occc2Br)CC1. The lowest BCUT2D eigenvalue weighted by atomic mass is 10.1. The van der Waals surface area contributed by atoms with Gasteiger partial charge in [0.05, 0.1) is 28.8 Å². The number of hydrogen-bond donors (Lipinski definition) is 1. The summed E-state index contributed by atoms with van der Waals surface area (Å²) in [6, 6.07) is 2.13. The van der Waals surface area contributed by atoms with Gasteiger partial charge in [-0.3, -0.25) is 0 Å². The molecule has 2 heterocycles. The van der Waals surface area contributed by atoms with Crippen LogP contribution in [0.25, 0.3) is 0 Å². The Labute approximate surface area is 103 Å². The fourth-order valence-corrected chi connectivity index (χ4v) is 3.62. The van der Waals surface area contributed by atoms with E-state index in [0.717, 1.165) is 10.2 Å². The lowest BCUT2D eigenvalue weighted by Crippen LogP contribution is -2.37. The maximum absolute atomic E-state index is 11.2. The van der Waals surface area contributed by atoms with E-state index < -0.39 is 9.84 Å². The monoisotopic (exact) mass is 307 g/mol. The van der Waals surface area contributed by atoms with Gasteiger partial charge in [-0.15, -0.1) is 0 Å². The molecule has 1 aromatic heterocycles. The van der Waals surface area contributed by atoms with Crippen molar-refractivity contribution < 1.29 is 12.8 Å². The van der Waals surface area contributed by atoms with Crippen molar-refractivity contribution in [1.82, 2.24) is 5.32 Å². The summed E-state index contributed by atoms with van der Waals surface area (Å²) in [7, 11) is -2.77. The Morgan fingerprint density at radius 1 is 1.44 bits per heavy atom. The first-order valence-corrected chi connectivity index (χ1v) is 7.84. The van der Waals surface area contributed by atoms with Crippen molar-refractivity contribution in [2.24, 2.45) is 0 Å². The maximum atomic E-state index is 11.2. The number of halogens is 1. The summed E-state index contributed by atoms with van der Waals surface area (Å²) in [5, 5.41) is 3.31. The van der Waals surface area contributed by atoms with Crippen LogP contribution >= 0.6 is 15.9 Å². The van der Waals surface area contributed by atoms with Gasteiger partial charge in [-0.05, 0) is 34.8 Å². The highest BCUT2D eigenvalue weighted by Gasteiger charge is 2.23. The fourth-order valence-electron chi connectivity index (χ4n) is 1.78. The third-order valence-corrected chi connectivity index (χ3v) is 5.22. The summed E-state index contributed by atoms with van der Waals surface area (Å²) in [6.07, 6.45) is 3.02. The predicted octanol–water partition coefficient (Wildman–Crippen LogP) is 1.71. The summed E-state index contributed by atoms with van der Waals surface area (Å²) in [5.41, 5.74) is 0. The van der Waals surface area contributed by atoms with Crippen LogP contribution in [0.15, 0.2) is 21.2 Å². The second-order valence-corrected chi connectivity index (χ2v) is 7.16. The van der Waals surface area contributed by atoms with Gasteiger partial charge in [0.1, 0.15) is 15.6 Å². The number of rotatable bonds is 3. The van der Waals surface area contributed by atoms with Crippen molar-refractivity contribution in [1.29, 1.82) is 0 Å². The lowest BCUT2D eigenvalue weighted by molar-refractivity contribution is 0.419. The van der Waals surface area contributed by atoms with Gasteiger partial charge in [-0.25, -0.2) is 8.42 Å². The van der Waals surface area contributed by atoms with Gasteiger partial charge in [0.2, 0.25) is 0 Å². The van der Waals surface area contributed by atoms with Gasteiger partial charge in [-0.2, -0.15) is 0 Å². The first kappa shape index (κ1) is 12.1. The smallest absolute Gasteiger partial charge is 0.150 e. The van der Waals surface area contributed by atoms with Crippen molar-refractivity contribution in [3.05, 3.63) is 22.6 Å². The summed E-state index contributed by atoms with van der Waals surface area (Å²) in [4.78, 5) is 0. The van der Waals surface area contributed by atoms with Gasteiger partial charge in [0.15, 0.2) is 0 Å². The largest absolute Gasteiger partial charge is 0.467 e. The molecule has 4 nitrogen and oxygen atoms in total. The van der Waals surface area contributed by atoms with E-state index in [1.165, 1.54) is 0 Å². The molecule has 1 aromatic rings. The summed E-state index contributed by atoms with van der Waals surface area (Å²) < 4.78 is 28.7. The Bertz CT molecular complexity index is 440. The second-order valence-electron chi connectivity index (χ2n) is 4.00. The van der Waals surface area contributed by atoms with Crippen molar-refractivity contribution >= 4 is 25.8 Å². The molecule has 6 heteroatoms. The average Bonchev–Trinajstić information content (AvgIpc) is 2.63. The molecule has 0 atom stereocenters. The Morgan fingerprint density at radius 2 is 2.12 bits per heavy atom. The normalized spacial score (nSPS) is 21.1. The molecule has 0 bridgehead atoms. The van der Waals surface area contributed by atoms with Crippen LogP contribution in [0.5, 0.6) is 0 Å². The van der Waals surface area contributed by atoms with Crippen LogP contribution < -0.4 is 5.32 Å². The summed E-state index contributed by atoms with van der Waals surface area (Å²) in [6.45, 7) is 0.637. The van der Waals surface area contributed by atoms with Crippen LogP contribution in [-0.2, 0) is 16.4 Å². The molecule has 1 fully saturated rings. The zero-order valence-electron chi connectivity index (χ0n) is 8.78. The average molecular weight is 308 g/mol. The molecule has 0 aliphatic carbocycles. The van der Waals surface area contributed by atoms with Gasteiger partial charge in [0.25, 0.3) is 0 Å². The lowest BCUT2D eigenvalue weighted by Gasteiger charge is -2.22. The minimum atomic E-state index is -2.77. The molecule has 0 radical (unpaired) electrons. The van der Waals surface area contributed by atoms with Crippen LogP contribution in [0.3, 0.4) is 0 Å². The summed E-state index contributed by atoms with van der Waals surface area (Å²) in [5.74, 6) is 1.45. The molecular formula is C10H14BrNO3S. The molecule has 0 amide bonds. The van der Waals surface area contributed by atoms with Crippen LogP contribution in [0.2, 0.25) is 0 Å². The van der Waals surface area contributed by atoms with Gasteiger partial charge < -0.3 is 9.73 Å². The third kappa shape index (κ3) is 3.09. The Balaban J connectivity index is 1.82. The highest BCUT2D eigenvalue weighted by Crippen LogP contribution is 2.18. The molecule has 0 unspecified atom stereocenters. The van der Waals surface area contributed by atoms with E-state index in [4.69, 9.17) is 4.42 Å². The number of furan rings is 1.